The van der Waals surface area contributed by atoms with Gasteiger partial charge in [-0.3, -0.25) is 4.68 Å². The zero-order valence-electron chi connectivity index (χ0n) is 13.9. The lowest BCUT2D eigenvalue weighted by molar-refractivity contribution is 0.0904. The fourth-order valence-corrected chi connectivity index (χ4v) is 3.43. The van der Waals surface area contributed by atoms with Crippen molar-refractivity contribution in [2.24, 2.45) is 5.92 Å². The molecule has 0 aromatic carbocycles. The zero-order valence-corrected chi connectivity index (χ0v) is 13.9. The first-order chi connectivity index (χ1) is 11.8. The molecule has 6 heteroatoms. The molecular weight excluding hydrogens is 302 g/mol. The molecular formula is C18H23N5O. The van der Waals surface area contributed by atoms with Gasteiger partial charge in [-0.25, -0.2) is 4.52 Å². The summed E-state index contributed by atoms with van der Waals surface area (Å²) in [6.07, 6.45) is 9.21. The van der Waals surface area contributed by atoms with Crippen molar-refractivity contribution in [3.05, 3.63) is 54.1 Å². The zero-order chi connectivity index (χ0) is 16.4. The van der Waals surface area contributed by atoms with Gasteiger partial charge in [-0.05, 0) is 25.5 Å². The Hall–Kier alpha value is -2.18. The molecule has 1 saturated heterocycles. The van der Waals surface area contributed by atoms with Crippen LogP contribution in [0, 0.1) is 5.92 Å². The highest BCUT2D eigenvalue weighted by atomic mass is 16.5. The Morgan fingerprint density at radius 1 is 1.29 bits per heavy atom. The van der Waals surface area contributed by atoms with Crippen LogP contribution in [-0.4, -0.2) is 32.5 Å². The van der Waals surface area contributed by atoms with E-state index in [2.05, 4.69) is 34.7 Å². The third-order valence-corrected chi connectivity index (χ3v) is 4.75. The van der Waals surface area contributed by atoms with Crippen molar-refractivity contribution in [3.8, 4) is 0 Å². The Balaban J connectivity index is 1.38. The summed E-state index contributed by atoms with van der Waals surface area (Å²) in [4.78, 5) is 0. The molecule has 0 bridgehead atoms. The number of ether oxygens (including phenoxy) is 1. The molecule has 1 N–H and O–H groups in total. The van der Waals surface area contributed by atoms with Gasteiger partial charge in [0, 0.05) is 55.7 Å². The van der Waals surface area contributed by atoms with Crippen LogP contribution in [0.4, 0.5) is 0 Å². The van der Waals surface area contributed by atoms with Crippen LogP contribution in [0.3, 0.4) is 0 Å². The van der Waals surface area contributed by atoms with Gasteiger partial charge in [0.1, 0.15) is 0 Å². The molecule has 1 aliphatic heterocycles. The van der Waals surface area contributed by atoms with Gasteiger partial charge in [-0.2, -0.15) is 10.2 Å². The number of aromatic nitrogens is 4. The van der Waals surface area contributed by atoms with Gasteiger partial charge in [-0.1, -0.05) is 6.07 Å². The van der Waals surface area contributed by atoms with Gasteiger partial charge >= 0.3 is 0 Å². The monoisotopic (exact) mass is 325 g/mol. The third kappa shape index (κ3) is 2.95. The number of aryl methyl sites for hydroxylation is 1. The normalized spacial score (nSPS) is 20.9. The van der Waals surface area contributed by atoms with E-state index in [4.69, 9.17) is 4.74 Å². The van der Waals surface area contributed by atoms with Crippen LogP contribution >= 0.6 is 0 Å². The Labute approximate surface area is 141 Å². The van der Waals surface area contributed by atoms with Gasteiger partial charge < -0.3 is 10.1 Å². The van der Waals surface area contributed by atoms with E-state index in [0.29, 0.717) is 5.92 Å². The molecule has 1 aliphatic rings. The molecule has 0 unspecified atom stereocenters. The molecule has 6 nitrogen and oxygen atoms in total. The van der Waals surface area contributed by atoms with Gasteiger partial charge in [0.05, 0.1) is 24.0 Å². The summed E-state index contributed by atoms with van der Waals surface area (Å²) in [7, 11) is 0. The number of fused-ring (bicyclic) bond motifs is 1. The van der Waals surface area contributed by atoms with Gasteiger partial charge in [-0.15, -0.1) is 0 Å². The lowest BCUT2D eigenvalue weighted by atomic mass is 9.97. The van der Waals surface area contributed by atoms with Gasteiger partial charge in [0.25, 0.3) is 0 Å². The van der Waals surface area contributed by atoms with E-state index in [1.54, 1.807) is 0 Å². The summed E-state index contributed by atoms with van der Waals surface area (Å²) in [5.74, 6) is 0.487. The van der Waals surface area contributed by atoms with Crippen molar-refractivity contribution in [2.45, 2.75) is 32.5 Å². The lowest BCUT2D eigenvalue weighted by Gasteiger charge is -2.17. The topological polar surface area (TPSA) is 56.4 Å². The Morgan fingerprint density at radius 3 is 3.12 bits per heavy atom. The van der Waals surface area contributed by atoms with E-state index in [1.165, 1.54) is 11.1 Å². The molecule has 3 aromatic heterocycles. The van der Waals surface area contributed by atoms with E-state index in [9.17, 15) is 0 Å². The molecule has 2 atom stereocenters. The molecule has 0 saturated carbocycles. The smallest absolute Gasteiger partial charge is 0.0896 e. The van der Waals surface area contributed by atoms with Crippen LogP contribution in [0.5, 0.6) is 0 Å². The Morgan fingerprint density at radius 2 is 2.25 bits per heavy atom. The van der Waals surface area contributed by atoms with Crippen molar-refractivity contribution in [1.29, 1.82) is 0 Å². The predicted molar refractivity (Wildman–Crippen MR) is 91.6 cm³/mol. The van der Waals surface area contributed by atoms with E-state index in [-0.39, 0.29) is 6.10 Å². The highest BCUT2D eigenvalue weighted by Crippen LogP contribution is 2.33. The van der Waals surface area contributed by atoms with Crippen LogP contribution in [0.15, 0.2) is 43.0 Å². The number of hydrogen-bond donors (Lipinski definition) is 1. The molecule has 0 radical (unpaired) electrons. The summed E-state index contributed by atoms with van der Waals surface area (Å²) in [5, 5.41) is 12.3. The second kappa shape index (κ2) is 6.75. The van der Waals surface area contributed by atoms with Gasteiger partial charge in [0.15, 0.2) is 0 Å². The summed E-state index contributed by atoms with van der Waals surface area (Å²) in [6, 6.07) is 6.14. The number of nitrogens with zero attached hydrogens (tertiary/aromatic N) is 4. The van der Waals surface area contributed by atoms with E-state index < -0.39 is 0 Å². The molecule has 4 heterocycles. The van der Waals surface area contributed by atoms with Crippen LogP contribution in [0.1, 0.15) is 30.6 Å². The maximum atomic E-state index is 5.96. The first-order valence-corrected chi connectivity index (χ1v) is 8.61. The molecule has 126 valence electrons. The highest BCUT2D eigenvalue weighted by Gasteiger charge is 2.30. The Kier molecular flexibility index (Phi) is 4.32. The number of pyridine rings is 1. The average Bonchev–Trinajstić information content (AvgIpc) is 3.34. The second-order valence-corrected chi connectivity index (χ2v) is 6.30. The van der Waals surface area contributed by atoms with Crippen LogP contribution in [-0.2, 0) is 17.8 Å². The average molecular weight is 325 g/mol. The van der Waals surface area contributed by atoms with Crippen molar-refractivity contribution >= 4 is 5.52 Å². The van der Waals surface area contributed by atoms with Crippen LogP contribution in [0.2, 0.25) is 0 Å². The third-order valence-electron chi connectivity index (χ3n) is 4.75. The minimum absolute atomic E-state index is 0.154. The van der Waals surface area contributed by atoms with Crippen molar-refractivity contribution in [2.75, 3.05) is 13.2 Å². The van der Waals surface area contributed by atoms with Crippen LogP contribution < -0.4 is 5.32 Å². The number of nitrogens with one attached hydrogen (secondary N) is 1. The first-order valence-electron chi connectivity index (χ1n) is 8.61. The molecule has 24 heavy (non-hydrogen) atoms. The SMILES string of the molecule is CCn1cc([C@H]2OCC[C@H]2CNCc2cnn3ccccc23)cn1. The minimum Gasteiger partial charge on any atom is -0.373 e. The Bertz CT molecular complexity index is 808. The standard InChI is InChI=1S/C18H23N5O/c1-2-22-13-16(12-20-22)18-14(6-8-24-18)9-19-10-15-11-21-23-7-4-3-5-17(15)23/h3-5,7,11-14,18-19H,2,6,8-10H2,1H3/t14-,18-/m0/s1. The van der Waals surface area contributed by atoms with E-state index >= 15 is 0 Å². The molecule has 1 fully saturated rings. The molecule has 4 rings (SSSR count). The summed E-state index contributed by atoms with van der Waals surface area (Å²) in [5.41, 5.74) is 3.58. The fourth-order valence-electron chi connectivity index (χ4n) is 3.43. The largest absolute Gasteiger partial charge is 0.373 e. The number of hydrogen-bond acceptors (Lipinski definition) is 4. The quantitative estimate of drug-likeness (QED) is 0.756. The summed E-state index contributed by atoms with van der Waals surface area (Å²) in [6.45, 7) is 5.58. The molecule has 0 spiro atoms. The van der Waals surface area contributed by atoms with E-state index in [0.717, 1.165) is 38.2 Å². The molecule has 0 aliphatic carbocycles. The maximum Gasteiger partial charge on any atom is 0.0896 e. The molecule has 0 amide bonds. The van der Waals surface area contributed by atoms with Gasteiger partial charge in [0.2, 0.25) is 0 Å². The second-order valence-electron chi connectivity index (χ2n) is 6.30. The minimum atomic E-state index is 0.154. The summed E-state index contributed by atoms with van der Waals surface area (Å²) < 4.78 is 9.83. The maximum absolute atomic E-state index is 5.96. The van der Waals surface area contributed by atoms with E-state index in [1.807, 2.05) is 39.9 Å². The fraction of sp³-hybridized carbons (Fsp3) is 0.444. The predicted octanol–water partition coefficient (Wildman–Crippen LogP) is 2.42. The molecule has 3 aromatic rings. The summed E-state index contributed by atoms with van der Waals surface area (Å²) >= 11 is 0. The highest BCUT2D eigenvalue weighted by molar-refractivity contribution is 5.53. The van der Waals surface area contributed by atoms with Crippen molar-refractivity contribution in [1.82, 2.24) is 24.7 Å². The van der Waals surface area contributed by atoms with Crippen molar-refractivity contribution < 1.29 is 4.74 Å². The number of rotatable bonds is 6. The first kappa shape index (κ1) is 15.4. The van der Waals surface area contributed by atoms with Crippen molar-refractivity contribution in [3.63, 3.8) is 0 Å². The van der Waals surface area contributed by atoms with Crippen LogP contribution in [0.25, 0.3) is 5.52 Å². The lowest BCUT2D eigenvalue weighted by Crippen LogP contribution is -2.24.